The van der Waals surface area contributed by atoms with E-state index in [0.29, 0.717) is 6.42 Å². The van der Waals surface area contributed by atoms with Crippen molar-refractivity contribution < 1.29 is 4.79 Å². The molecule has 4 heteroatoms. The number of benzene rings is 1. The van der Waals surface area contributed by atoms with Crippen LogP contribution in [0.25, 0.3) is 10.9 Å². The highest BCUT2D eigenvalue weighted by Gasteiger charge is 2.08. The maximum atomic E-state index is 12.0. The summed E-state index contributed by atoms with van der Waals surface area (Å²) in [5, 5.41) is 1.16. The number of carbonyl (C=O) groups excluding carboxylic acids is 1. The van der Waals surface area contributed by atoms with Gasteiger partial charge in [-0.3, -0.25) is 14.9 Å². The van der Waals surface area contributed by atoms with E-state index in [-0.39, 0.29) is 5.91 Å². The smallest absolute Gasteiger partial charge is 0.244 e. The van der Waals surface area contributed by atoms with Crippen LogP contribution in [0.15, 0.2) is 48.8 Å². The van der Waals surface area contributed by atoms with Crippen molar-refractivity contribution in [3.8, 4) is 0 Å². The van der Waals surface area contributed by atoms with E-state index in [1.807, 2.05) is 49.6 Å². The minimum absolute atomic E-state index is 0.0387. The van der Waals surface area contributed by atoms with E-state index in [0.717, 1.165) is 22.2 Å². The zero-order valence-electron chi connectivity index (χ0n) is 10.7. The highest BCUT2D eigenvalue weighted by atomic mass is 16.2. The topological polar surface area (TPSA) is 49.8 Å². The predicted octanol–water partition coefficient (Wildman–Crippen LogP) is 2.59. The Labute approximate surface area is 111 Å². The molecule has 4 nitrogen and oxygen atoms in total. The van der Waals surface area contributed by atoms with Gasteiger partial charge in [0.1, 0.15) is 0 Å². The average Bonchev–Trinajstić information content (AvgIpc) is 3.00. The molecule has 0 saturated carbocycles. The second-order valence-corrected chi connectivity index (χ2v) is 4.61. The van der Waals surface area contributed by atoms with E-state index in [9.17, 15) is 4.79 Å². The van der Waals surface area contributed by atoms with Crippen LogP contribution in [-0.4, -0.2) is 15.6 Å². The van der Waals surface area contributed by atoms with Gasteiger partial charge in [-0.15, -0.1) is 0 Å². The third kappa shape index (κ3) is 2.25. The van der Waals surface area contributed by atoms with E-state index in [1.54, 1.807) is 4.68 Å². The number of H-pyrrole nitrogens is 1. The molecule has 2 heterocycles. The molecule has 1 aromatic carbocycles. The molecule has 0 fully saturated rings. The Bertz CT molecular complexity index is 710. The second kappa shape index (κ2) is 4.65. The highest BCUT2D eigenvalue weighted by molar-refractivity contribution is 5.90. The summed E-state index contributed by atoms with van der Waals surface area (Å²) in [5.41, 5.74) is 5.97. The lowest BCUT2D eigenvalue weighted by Gasteiger charge is -2.07. The van der Waals surface area contributed by atoms with E-state index < -0.39 is 0 Å². The van der Waals surface area contributed by atoms with Crippen LogP contribution in [0.3, 0.4) is 0 Å². The van der Waals surface area contributed by atoms with E-state index in [1.165, 1.54) is 0 Å². The van der Waals surface area contributed by atoms with Gasteiger partial charge < -0.3 is 4.98 Å². The standard InChI is InChI=1S/C15H15N3O/c1-11-10-18(14-7-3-2-6-13(11)14)17-15(19)9-12-5-4-8-16-12/h2-8,10,16H,9H2,1H3,(H,17,19). The summed E-state index contributed by atoms with van der Waals surface area (Å²) in [4.78, 5) is 15.0. The van der Waals surface area contributed by atoms with Crippen molar-refractivity contribution in [3.05, 3.63) is 60.0 Å². The summed E-state index contributed by atoms with van der Waals surface area (Å²) in [6, 6.07) is 11.8. The van der Waals surface area contributed by atoms with Gasteiger partial charge in [0.25, 0.3) is 0 Å². The summed E-state index contributed by atoms with van der Waals surface area (Å²) in [7, 11) is 0. The van der Waals surface area contributed by atoms with E-state index >= 15 is 0 Å². The van der Waals surface area contributed by atoms with Gasteiger partial charge in [0.05, 0.1) is 11.9 Å². The van der Waals surface area contributed by atoms with Crippen molar-refractivity contribution in [1.29, 1.82) is 0 Å². The number of amides is 1. The first kappa shape index (κ1) is 11.6. The zero-order valence-corrected chi connectivity index (χ0v) is 10.7. The Hall–Kier alpha value is -2.49. The number of hydrogen-bond acceptors (Lipinski definition) is 1. The molecule has 0 aliphatic carbocycles. The van der Waals surface area contributed by atoms with Crippen molar-refractivity contribution >= 4 is 16.8 Å². The molecule has 2 aromatic heterocycles. The van der Waals surface area contributed by atoms with Crippen molar-refractivity contribution in [2.24, 2.45) is 0 Å². The van der Waals surface area contributed by atoms with Crippen molar-refractivity contribution in [1.82, 2.24) is 9.66 Å². The number of aromatic nitrogens is 2. The first-order valence-electron chi connectivity index (χ1n) is 6.23. The predicted molar refractivity (Wildman–Crippen MR) is 75.5 cm³/mol. The fraction of sp³-hybridized carbons (Fsp3) is 0.133. The van der Waals surface area contributed by atoms with Crippen LogP contribution in [0, 0.1) is 6.92 Å². The lowest BCUT2D eigenvalue weighted by atomic mass is 10.2. The number of nitrogens with zero attached hydrogens (tertiary/aromatic N) is 1. The number of nitrogens with one attached hydrogen (secondary N) is 2. The molecule has 3 aromatic rings. The van der Waals surface area contributed by atoms with Gasteiger partial charge >= 0.3 is 0 Å². The van der Waals surface area contributed by atoms with E-state index in [2.05, 4.69) is 16.5 Å². The van der Waals surface area contributed by atoms with Gasteiger partial charge in [-0.05, 0) is 30.7 Å². The average molecular weight is 253 g/mol. The highest BCUT2D eigenvalue weighted by Crippen LogP contribution is 2.19. The molecule has 19 heavy (non-hydrogen) atoms. The number of rotatable bonds is 3. The first-order valence-corrected chi connectivity index (χ1v) is 6.23. The minimum Gasteiger partial charge on any atom is -0.365 e. The summed E-state index contributed by atoms with van der Waals surface area (Å²) in [6.45, 7) is 2.04. The quantitative estimate of drug-likeness (QED) is 0.740. The van der Waals surface area contributed by atoms with Crippen LogP contribution in [0.4, 0.5) is 0 Å². The monoisotopic (exact) mass is 253 g/mol. The maximum Gasteiger partial charge on any atom is 0.244 e. The number of hydrogen-bond donors (Lipinski definition) is 2. The van der Waals surface area contributed by atoms with Crippen molar-refractivity contribution in [3.63, 3.8) is 0 Å². The molecule has 0 atom stereocenters. The molecule has 0 saturated heterocycles. The molecule has 0 spiro atoms. The Balaban J connectivity index is 1.83. The molecule has 0 aliphatic heterocycles. The van der Waals surface area contributed by atoms with Gasteiger partial charge in [-0.25, -0.2) is 0 Å². The number of fused-ring (bicyclic) bond motifs is 1. The zero-order chi connectivity index (χ0) is 13.2. The third-order valence-electron chi connectivity index (χ3n) is 3.17. The van der Waals surface area contributed by atoms with E-state index in [4.69, 9.17) is 0 Å². The van der Waals surface area contributed by atoms with Gasteiger partial charge in [-0.2, -0.15) is 0 Å². The van der Waals surface area contributed by atoms with Gasteiger partial charge in [0, 0.05) is 23.5 Å². The van der Waals surface area contributed by atoms with Gasteiger partial charge in [0.2, 0.25) is 5.91 Å². The summed E-state index contributed by atoms with van der Waals surface area (Å²) in [5.74, 6) is -0.0387. The largest absolute Gasteiger partial charge is 0.365 e. The second-order valence-electron chi connectivity index (χ2n) is 4.61. The molecule has 96 valence electrons. The van der Waals surface area contributed by atoms with Crippen LogP contribution in [0.1, 0.15) is 11.3 Å². The fourth-order valence-electron chi connectivity index (χ4n) is 2.27. The molecular weight excluding hydrogens is 238 g/mol. The van der Waals surface area contributed by atoms with Gasteiger partial charge in [-0.1, -0.05) is 18.2 Å². The van der Waals surface area contributed by atoms with Crippen LogP contribution in [0.2, 0.25) is 0 Å². The van der Waals surface area contributed by atoms with Crippen molar-refractivity contribution in [2.45, 2.75) is 13.3 Å². The first-order chi connectivity index (χ1) is 9.24. The van der Waals surface area contributed by atoms with Crippen molar-refractivity contribution in [2.75, 3.05) is 5.43 Å². The Kier molecular flexibility index (Phi) is 2.83. The van der Waals surface area contributed by atoms with Crippen LogP contribution in [-0.2, 0) is 11.2 Å². The Morgan fingerprint density at radius 1 is 1.26 bits per heavy atom. The molecule has 2 N–H and O–H groups in total. The summed E-state index contributed by atoms with van der Waals surface area (Å²) < 4.78 is 1.79. The number of para-hydroxylation sites is 1. The molecule has 0 aliphatic rings. The van der Waals surface area contributed by atoms with Crippen LogP contribution in [0.5, 0.6) is 0 Å². The molecule has 0 bridgehead atoms. The lowest BCUT2D eigenvalue weighted by molar-refractivity contribution is -0.116. The minimum atomic E-state index is -0.0387. The summed E-state index contributed by atoms with van der Waals surface area (Å²) >= 11 is 0. The maximum absolute atomic E-state index is 12.0. The summed E-state index contributed by atoms with van der Waals surface area (Å²) in [6.07, 6.45) is 4.10. The molecule has 3 rings (SSSR count). The third-order valence-corrected chi connectivity index (χ3v) is 3.17. The number of carbonyl (C=O) groups is 1. The molecule has 1 amide bonds. The number of aromatic amines is 1. The Morgan fingerprint density at radius 3 is 2.89 bits per heavy atom. The molecular formula is C15H15N3O. The van der Waals surface area contributed by atoms with Crippen LogP contribution >= 0.6 is 0 Å². The normalized spacial score (nSPS) is 10.8. The number of aryl methyl sites for hydroxylation is 1. The lowest BCUT2D eigenvalue weighted by Crippen LogP contribution is -2.23. The fourth-order valence-corrected chi connectivity index (χ4v) is 2.27. The van der Waals surface area contributed by atoms with Gasteiger partial charge in [0.15, 0.2) is 0 Å². The van der Waals surface area contributed by atoms with Crippen LogP contribution < -0.4 is 5.43 Å². The molecule has 0 unspecified atom stereocenters. The SMILES string of the molecule is Cc1cn(NC(=O)Cc2ccc[nH]2)c2ccccc12. The molecule has 0 radical (unpaired) electrons. The Morgan fingerprint density at radius 2 is 2.11 bits per heavy atom.